The molecule has 0 radical (unpaired) electrons. The zero-order valence-electron chi connectivity index (χ0n) is 11.8. The van der Waals surface area contributed by atoms with E-state index in [0.29, 0.717) is 24.7 Å². The first kappa shape index (κ1) is 14.6. The van der Waals surface area contributed by atoms with E-state index in [9.17, 15) is 4.79 Å². The first-order valence-corrected chi connectivity index (χ1v) is 6.62. The van der Waals surface area contributed by atoms with Gasteiger partial charge >= 0.3 is 6.03 Å². The first-order chi connectivity index (χ1) is 10.3. The number of nitrogens with zero attached hydrogens (tertiary/aromatic N) is 1. The zero-order chi connectivity index (χ0) is 14.9. The lowest BCUT2D eigenvalue weighted by Gasteiger charge is -2.09. The molecule has 0 unspecified atom stereocenters. The molecule has 0 aliphatic heterocycles. The summed E-state index contributed by atoms with van der Waals surface area (Å²) in [6.07, 6.45) is 1.54. The van der Waals surface area contributed by atoms with Gasteiger partial charge in [0.05, 0.1) is 19.0 Å². The molecular weight excluding hydrogens is 268 g/mol. The van der Waals surface area contributed by atoms with E-state index in [1.54, 1.807) is 25.4 Å². The minimum Gasteiger partial charge on any atom is -0.481 e. The highest BCUT2D eigenvalue weighted by molar-refractivity contribution is 5.89. The number of benzene rings is 1. The third-order valence-corrected chi connectivity index (χ3v) is 2.72. The number of aromatic nitrogens is 1. The molecule has 2 aromatic rings. The summed E-state index contributed by atoms with van der Waals surface area (Å²) >= 11 is 0. The Morgan fingerprint density at radius 3 is 2.57 bits per heavy atom. The fourth-order valence-corrected chi connectivity index (χ4v) is 1.69. The Morgan fingerprint density at radius 1 is 1.10 bits per heavy atom. The van der Waals surface area contributed by atoms with Crippen molar-refractivity contribution in [2.24, 2.45) is 0 Å². The minimum atomic E-state index is -0.267. The average molecular weight is 286 g/mol. The van der Waals surface area contributed by atoms with Gasteiger partial charge in [-0.3, -0.25) is 0 Å². The quantitative estimate of drug-likeness (QED) is 0.712. The number of anilines is 2. The van der Waals surface area contributed by atoms with E-state index < -0.39 is 0 Å². The molecule has 21 heavy (non-hydrogen) atoms. The largest absolute Gasteiger partial charge is 0.481 e. The van der Waals surface area contributed by atoms with Crippen LogP contribution in [0.1, 0.15) is 0 Å². The van der Waals surface area contributed by atoms with Gasteiger partial charge in [0.15, 0.2) is 0 Å². The third kappa shape index (κ3) is 5.02. The van der Waals surface area contributed by atoms with Gasteiger partial charge in [-0.05, 0) is 18.2 Å². The van der Waals surface area contributed by atoms with Gasteiger partial charge in [0.2, 0.25) is 5.88 Å². The third-order valence-electron chi connectivity index (χ3n) is 2.72. The van der Waals surface area contributed by atoms with Crippen LogP contribution in [0.5, 0.6) is 5.88 Å². The molecule has 0 atom stereocenters. The highest BCUT2D eigenvalue weighted by Crippen LogP contribution is 2.10. The van der Waals surface area contributed by atoms with E-state index in [4.69, 9.17) is 4.74 Å². The summed E-state index contributed by atoms with van der Waals surface area (Å²) in [6.45, 7) is 1.17. The van der Waals surface area contributed by atoms with Gasteiger partial charge in [-0.25, -0.2) is 9.78 Å². The number of carbonyl (C=O) groups excluding carboxylic acids is 1. The van der Waals surface area contributed by atoms with Gasteiger partial charge in [-0.15, -0.1) is 0 Å². The predicted octanol–water partition coefficient (Wildman–Crippen LogP) is 2.32. The minimum absolute atomic E-state index is 0.267. The fraction of sp³-hybridized carbons (Fsp3) is 0.200. The number of hydrogen-bond acceptors (Lipinski definition) is 4. The first-order valence-electron chi connectivity index (χ1n) is 6.62. The Balaban J connectivity index is 1.67. The molecule has 110 valence electrons. The summed E-state index contributed by atoms with van der Waals surface area (Å²) in [6, 6.07) is 13.0. The van der Waals surface area contributed by atoms with Crippen molar-refractivity contribution in [1.82, 2.24) is 10.3 Å². The van der Waals surface area contributed by atoms with Crippen molar-refractivity contribution in [2.75, 3.05) is 30.8 Å². The van der Waals surface area contributed by atoms with Crippen LogP contribution in [0.25, 0.3) is 0 Å². The molecule has 1 aromatic carbocycles. The second-order valence-electron chi connectivity index (χ2n) is 4.26. The van der Waals surface area contributed by atoms with E-state index in [1.807, 2.05) is 30.3 Å². The molecule has 6 heteroatoms. The summed E-state index contributed by atoms with van der Waals surface area (Å²) in [5.74, 6) is 0.507. The highest BCUT2D eigenvalue weighted by Gasteiger charge is 2.01. The van der Waals surface area contributed by atoms with Crippen molar-refractivity contribution in [3.63, 3.8) is 0 Å². The van der Waals surface area contributed by atoms with E-state index in [2.05, 4.69) is 20.9 Å². The number of para-hydroxylation sites is 1. The number of methoxy groups -OCH3 is 1. The summed E-state index contributed by atoms with van der Waals surface area (Å²) in [5, 5.41) is 8.66. The van der Waals surface area contributed by atoms with Crippen molar-refractivity contribution < 1.29 is 9.53 Å². The molecule has 0 saturated heterocycles. The number of pyridine rings is 1. The number of ether oxygens (including phenoxy) is 1. The van der Waals surface area contributed by atoms with E-state index in [1.165, 1.54) is 0 Å². The number of hydrogen-bond donors (Lipinski definition) is 3. The lowest BCUT2D eigenvalue weighted by molar-refractivity contribution is 0.252. The van der Waals surface area contributed by atoms with E-state index >= 15 is 0 Å². The summed E-state index contributed by atoms with van der Waals surface area (Å²) in [5.41, 5.74) is 1.64. The van der Waals surface area contributed by atoms with Gasteiger partial charge in [0, 0.05) is 24.8 Å². The Bertz CT molecular complexity index is 558. The number of carbonyl (C=O) groups is 1. The molecule has 3 N–H and O–H groups in total. The van der Waals surface area contributed by atoms with Crippen LogP contribution in [0, 0.1) is 0 Å². The molecule has 0 saturated carbocycles. The van der Waals surface area contributed by atoms with Crippen LogP contribution in [0.3, 0.4) is 0 Å². The van der Waals surface area contributed by atoms with Crippen molar-refractivity contribution in [1.29, 1.82) is 0 Å². The molecule has 2 amide bonds. The summed E-state index contributed by atoms with van der Waals surface area (Å²) in [4.78, 5) is 15.7. The Kier molecular flexibility index (Phi) is 5.40. The van der Waals surface area contributed by atoms with Crippen LogP contribution in [0.2, 0.25) is 0 Å². The second-order valence-corrected chi connectivity index (χ2v) is 4.26. The topological polar surface area (TPSA) is 75.3 Å². The zero-order valence-corrected chi connectivity index (χ0v) is 11.8. The number of amides is 2. The van der Waals surface area contributed by atoms with Crippen LogP contribution in [0.4, 0.5) is 16.2 Å². The smallest absolute Gasteiger partial charge is 0.319 e. The van der Waals surface area contributed by atoms with Crippen LogP contribution >= 0.6 is 0 Å². The average Bonchev–Trinajstić information content (AvgIpc) is 2.53. The second kappa shape index (κ2) is 7.74. The van der Waals surface area contributed by atoms with E-state index in [-0.39, 0.29) is 6.03 Å². The maximum Gasteiger partial charge on any atom is 0.319 e. The van der Waals surface area contributed by atoms with Gasteiger partial charge < -0.3 is 20.7 Å². The Hall–Kier alpha value is -2.76. The number of rotatable bonds is 6. The SMILES string of the molecule is COc1ccc(NC(=O)NCCNc2ccccc2)cn1. The lowest BCUT2D eigenvalue weighted by atomic mass is 10.3. The van der Waals surface area contributed by atoms with Crippen molar-refractivity contribution in [3.05, 3.63) is 48.7 Å². The van der Waals surface area contributed by atoms with E-state index in [0.717, 1.165) is 5.69 Å². The molecule has 0 aliphatic rings. The van der Waals surface area contributed by atoms with Crippen molar-refractivity contribution >= 4 is 17.4 Å². The molecule has 2 rings (SSSR count). The molecule has 0 fully saturated rings. The fourth-order valence-electron chi connectivity index (χ4n) is 1.69. The molecule has 1 heterocycles. The number of nitrogens with one attached hydrogen (secondary N) is 3. The maximum absolute atomic E-state index is 11.7. The lowest BCUT2D eigenvalue weighted by Crippen LogP contribution is -2.32. The molecule has 6 nitrogen and oxygen atoms in total. The van der Waals surface area contributed by atoms with Crippen LogP contribution < -0.4 is 20.7 Å². The normalized spacial score (nSPS) is 9.76. The summed E-state index contributed by atoms with van der Waals surface area (Å²) < 4.78 is 4.95. The molecular formula is C15H18N4O2. The Labute approximate surface area is 123 Å². The molecule has 1 aromatic heterocycles. The molecule has 0 bridgehead atoms. The van der Waals surface area contributed by atoms with Crippen LogP contribution in [0.15, 0.2) is 48.7 Å². The van der Waals surface area contributed by atoms with Crippen LogP contribution in [-0.2, 0) is 0 Å². The van der Waals surface area contributed by atoms with Crippen LogP contribution in [-0.4, -0.2) is 31.2 Å². The number of urea groups is 1. The maximum atomic E-state index is 11.7. The van der Waals surface area contributed by atoms with Crippen molar-refractivity contribution in [3.8, 4) is 5.88 Å². The molecule has 0 spiro atoms. The predicted molar refractivity (Wildman–Crippen MR) is 82.7 cm³/mol. The van der Waals surface area contributed by atoms with Gasteiger partial charge in [-0.1, -0.05) is 18.2 Å². The monoisotopic (exact) mass is 286 g/mol. The summed E-state index contributed by atoms with van der Waals surface area (Å²) in [7, 11) is 1.54. The highest BCUT2D eigenvalue weighted by atomic mass is 16.5. The van der Waals surface area contributed by atoms with Gasteiger partial charge in [0.25, 0.3) is 0 Å². The van der Waals surface area contributed by atoms with Gasteiger partial charge in [-0.2, -0.15) is 0 Å². The Morgan fingerprint density at radius 2 is 1.90 bits per heavy atom. The standard InChI is InChI=1S/C15H18N4O2/c1-21-14-8-7-13(11-18-14)19-15(20)17-10-9-16-12-5-3-2-4-6-12/h2-8,11,16H,9-10H2,1H3,(H2,17,19,20). The van der Waals surface area contributed by atoms with Gasteiger partial charge in [0.1, 0.15) is 0 Å². The van der Waals surface area contributed by atoms with Crippen molar-refractivity contribution in [2.45, 2.75) is 0 Å². The molecule has 0 aliphatic carbocycles.